The van der Waals surface area contributed by atoms with Crippen molar-refractivity contribution in [3.05, 3.63) is 23.5 Å². The van der Waals surface area contributed by atoms with Crippen molar-refractivity contribution in [2.75, 3.05) is 13.6 Å². The van der Waals surface area contributed by atoms with E-state index in [1.807, 2.05) is 7.05 Å². The minimum absolute atomic E-state index is 0.0229. The highest BCUT2D eigenvalue weighted by molar-refractivity contribution is 5.98. The number of carbonyl (C=O) groups excluding carboxylic acids is 2. The van der Waals surface area contributed by atoms with Crippen LogP contribution in [0.4, 0.5) is 0 Å². The van der Waals surface area contributed by atoms with E-state index < -0.39 is 0 Å². The Morgan fingerprint density at radius 3 is 2.58 bits per heavy atom. The van der Waals surface area contributed by atoms with Crippen LogP contribution >= 0.6 is 0 Å². The summed E-state index contributed by atoms with van der Waals surface area (Å²) in [6.45, 7) is 2.32. The van der Waals surface area contributed by atoms with Gasteiger partial charge in [0.25, 0.3) is 5.91 Å². The summed E-state index contributed by atoms with van der Waals surface area (Å²) in [6, 6.07) is 1.64. The topological polar surface area (TPSA) is 53.2 Å². The van der Waals surface area contributed by atoms with Gasteiger partial charge in [-0.15, -0.1) is 0 Å². The summed E-state index contributed by atoms with van der Waals surface area (Å²) in [4.78, 5) is 28.1. The Hall–Kier alpha value is -1.58. The molecule has 1 aromatic heterocycles. The number of aromatic amines is 1. The number of H-pyrrole nitrogens is 1. The first-order valence-electron chi connectivity index (χ1n) is 7.02. The Balaban J connectivity index is 1.95. The molecule has 1 fully saturated rings. The zero-order valence-corrected chi connectivity index (χ0v) is 11.7. The zero-order valence-electron chi connectivity index (χ0n) is 11.7. The summed E-state index contributed by atoms with van der Waals surface area (Å²) in [5.41, 5.74) is 1.07. The van der Waals surface area contributed by atoms with E-state index in [4.69, 9.17) is 0 Å². The van der Waals surface area contributed by atoms with Crippen LogP contribution in [-0.2, 0) is 0 Å². The van der Waals surface area contributed by atoms with E-state index >= 15 is 0 Å². The molecule has 0 spiro atoms. The molecule has 0 aromatic carbocycles. The fourth-order valence-electron chi connectivity index (χ4n) is 2.77. The van der Waals surface area contributed by atoms with Crippen LogP contribution in [0.25, 0.3) is 0 Å². The van der Waals surface area contributed by atoms with Crippen LogP contribution in [0.15, 0.2) is 12.3 Å². The van der Waals surface area contributed by atoms with Crippen molar-refractivity contribution < 1.29 is 9.59 Å². The number of aromatic nitrogens is 1. The molecule has 0 bridgehead atoms. The predicted molar refractivity (Wildman–Crippen MR) is 74.3 cm³/mol. The zero-order chi connectivity index (χ0) is 13.8. The maximum absolute atomic E-state index is 12.2. The molecule has 1 aromatic rings. The van der Waals surface area contributed by atoms with Crippen LogP contribution in [-0.4, -0.2) is 35.2 Å². The molecule has 1 aliphatic rings. The van der Waals surface area contributed by atoms with Gasteiger partial charge in [-0.3, -0.25) is 9.59 Å². The van der Waals surface area contributed by atoms with Crippen molar-refractivity contribution in [1.29, 1.82) is 0 Å². The van der Waals surface area contributed by atoms with Crippen LogP contribution in [0.2, 0.25) is 0 Å². The minimum atomic E-state index is -0.0296. The highest BCUT2D eigenvalue weighted by Gasteiger charge is 2.20. The molecule has 0 atom stereocenters. The Labute approximate surface area is 114 Å². The molecule has 104 valence electrons. The fourth-order valence-corrected chi connectivity index (χ4v) is 2.77. The third-order valence-corrected chi connectivity index (χ3v) is 3.92. The number of nitrogens with one attached hydrogen (secondary N) is 1. The summed E-state index contributed by atoms with van der Waals surface area (Å²) >= 11 is 0. The number of hydrogen-bond donors (Lipinski definition) is 1. The highest BCUT2D eigenvalue weighted by atomic mass is 16.2. The number of Topliss-reactive ketones (excluding diaryl/α,β-unsaturated/α-hetero) is 1. The minimum Gasteiger partial charge on any atom is -0.356 e. The van der Waals surface area contributed by atoms with Gasteiger partial charge in [-0.1, -0.05) is 19.3 Å². The van der Waals surface area contributed by atoms with Crippen LogP contribution in [0.1, 0.15) is 59.9 Å². The van der Waals surface area contributed by atoms with Crippen molar-refractivity contribution in [1.82, 2.24) is 9.88 Å². The summed E-state index contributed by atoms with van der Waals surface area (Å²) in [7, 11) is 1.84. The average Bonchev–Trinajstić information content (AvgIpc) is 2.88. The standard InChI is InChI=1S/C15H22N2O2/c1-11(18)13-8-14(16-9-13)15(19)17(2)10-12-6-4-3-5-7-12/h8-9,12,16H,3-7,10H2,1-2H3. The van der Waals surface area contributed by atoms with Crippen molar-refractivity contribution in [3.8, 4) is 0 Å². The van der Waals surface area contributed by atoms with Crippen LogP contribution < -0.4 is 0 Å². The third kappa shape index (κ3) is 3.46. The molecule has 2 rings (SSSR count). The van der Waals surface area contributed by atoms with Gasteiger partial charge in [-0.25, -0.2) is 0 Å². The Bertz CT molecular complexity index is 458. The van der Waals surface area contributed by atoms with Crippen molar-refractivity contribution in [2.24, 2.45) is 5.92 Å². The van der Waals surface area contributed by atoms with Crippen LogP contribution in [0.3, 0.4) is 0 Å². The molecule has 0 saturated heterocycles. The van der Waals surface area contributed by atoms with Gasteiger partial charge in [0, 0.05) is 25.4 Å². The Morgan fingerprint density at radius 1 is 1.32 bits per heavy atom. The van der Waals surface area contributed by atoms with Gasteiger partial charge in [-0.2, -0.15) is 0 Å². The molecule has 19 heavy (non-hydrogen) atoms. The van der Waals surface area contributed by atoms with E-state index in [9.17, 15) is 9.59 Å². The van der Waals surface area contributed by atoms with Gasteiger partial charge < -0.3 is 9.88 Å². The molecular formula is C15H22N2O2. The Kier molecular flexibility index (Phi) is 4.40. The van der Waals surface area contributed by atoms with Crippen molar-refractivity contribution in [2.45, 2.75) is 39.0 Å². The second-order valence-electron chi connectivity index (χ2n) is 5.55. The smallest absolute Gasteiger partial charge is 0.270 e. The molecular weight excluding hydrogens is 240 g/mol. The first-order chi connectivity index (χ1) is 9.08. The van der Waals surface area contributed by atoms with E-state index in [1.54, 1.807) is 17.2 Å². The number of hydrogen-bond acceptors (Lipinski definition) is 2. The van der Waals surface area contributed by atoms with Crippen molar-refractivity contribution >= 4 is 11.7 Å². The fraction of sp³-hybridized carbons (Fsp3) is 0.600. The SMILES string of the molecule is CC(=O)c1c[nH]c(C(=O)N(C)CC2CCCCC2)c1. The van der Waals surface area contributed by atoms with Gasteiger partial charge >= 0.3 is 0 Å². The number of rotatable bonds is 4. The molecule has 1 heterocycles. The summed E-state index contributed by atoms with van der Waals surface area (Å²) < 4.78 is 0. The van der Waals surface area contributed by atoms with Gasteiger partial charge in [0.1, 0.15) is 5.69 Å². The van der Waals surface area contributed by atoms with E-state index in [0.29, 0.717) is 17.2 Å². The predicted octanol–water partition coefficient (Wildman–Crippen LogP) is 2.87. The van der Waals surface area contributed by atoms with E-state index in [1.165, 1.54) is 39.0 Å². The lowest BCUT2D eigenvalue weighted by Gasteiger charge is -2.26. The maximum Gasteiger partial charge on any atom is 0.270 e. The first kappa shape index (κ1) is 13.8. The monoisotopic (exact) mass is 262 g/mol. The quantitative estimate of drug-likeness (QED) is 0.848. The number of amides is 1. The van der Waals surface area contributed by atoms with Gasteiger partial charge in [0.2, 0.25) is 0 Å². The van der Waals surface area contributed by atoms with E-state index in [0.717, 1.165) is 6.54 Å². The molecule has 1 N–H and O–H groups in total. The lowest BCUT2D eigenvalue weighted by Crippen LogP contribution is -2.32. The number of ketones is 1. The van der Waals surface area contributed by atoms with Crippen LogP contribution in [0, 0.1) is 5.92 Å². The van der Waals surface area contributed by atoms with Crippen molar-refractivity contribution in [3.63, 3.8) is 0 Å². The van der Waals surface area contributed by atoms with Gasteiger partial charge in [-0.05, 0) is 31.7 Å². The molecule has 1 amide bonds. The van der Waals surface area contributed by atoms with Crippen LogP contribution in [0.5, 0.6) is 0 Å². The summed E-state index contributed by atoms with van der Waals surface area (Å²) in [5, 5.41) is 0. The average molecular weight is 262 g/mol. The van der Waals surface area contributed by atoms with Gasteiger partial charge in [0.05, 0.1) is 0 Å². The number of carbonyl (C=O) groups is 2. The maximum atomic E-state index is 12.2. The van der Waals surface area contributed by atoms with Gasteiger partial charge in [0.15, 0.2) is 5.78 Å². The third-order valence-electron chi connectivity index (χ3n) is 3.92. The first-order valence-corrected chi connectivity index (χ1v) is 7.02. The molecule has 4 nitrogen and oxygen atoms in total. The van der Waals surface area contributed by atoms with E-state index in [-0.39, 0.29) is 11.7 Å². The second kappa shape index (κ2) is 6.04. The van der Waals surface area contributed by atoms with E-state index in [2.05, 4.69) is 4.98 Å². The Morgan fingerprint density at radius 2 is 2.00 bits per heavy atom. The summed E-state index contributed by atoms with van der Waals surface area (Å²) in [6.07, 6.45) is 7.94. The normalized spacial score (nSPS) is 16.3. The lowest BCUT2D eigenvalue weighted by molar-refractivity contribution is 0.0755. The second-order valence-corrected chi connectivity index (χ2v) is 5.55. The lowest BCUT2D eigenvalue weighted by atomic mass is 9.89. The largest absolute Gasteiger partial charge is 0.356 e. The number of nitrogens with zero attached hydrogens (tertiary/aromatic N) is 1. The molecule has 4 heteroatoms. The molecule has 1 saturated carbocycles. The molecule has 0 aliphatic heterocycles. The molecule has 1 aliphatic carbocycles. The molecule has 0 radical (unpaired) electrons. The summed E-state index contributed by atoms with van der Waals surface area (Å²) in [5.74, 6) is 0.577. The molecule has 0 unspecified atom stereocenters. The highest BCUT2D eigenvalue weighted by Crippen LogP contribution is 2.24.